The molecule has 0 aromatic heterocycles. The van der Waals surface area contributed by atoms with Crippen molar-refractivity contribution in [3.63, 3.8) is 0 Å². The summed E-state index contributed by atoms with van der Waals surface area (Å²) in [6.07, 6.45) is 1.69. The van der Waals surface area contributed by atoms with Crippen molar-refractivity contribution in [2.24, 2.45) is 0 Å². The third-order valence-corrected chi connectivity index (χ3v) is 3.41. The van der Waals surface area contributed by atoms with E-state index in [0.29, 0.717) is 12.3 Å². The van der Waals surface area contributed by atoms with E-state index in [9.17, 15) is 8.60 Å². The summed E-state index contributed by atoms with van der Waals surface area (Å²) in [5.41, 5.74) is 2.02. The van der Waals surface area contributed by atoms with Gasteiger partial charge >= 0.3 is 0 Å². The van der Waals surface area contributed by atoms with Crippen molar-refractivity contribution >= 4 is 10.8 Å². The highest BCUT2D eigenvalue weighted by Crippen LogP contribution is 2.10. The van der Waals surface area contributed by atoms with Crippen LogP contribution in [-0.2, 0) is 17.3 Å². The Labute approximate surface area is 98.7 Å². The van der Waals surface area contributed by atoms with Gasteiger partial charge in [0.1, 0.15) is 5.82 Å². The van der Waals surface area contributed by atoms with Gasteiger partial charge in [-0.1, -0.05) is 6.07 Å². The molecule has 0 amide bonds. The normalized spacial score (nSPS) is 14.8. The minimum absolute atomic E-state index is 0.175. The van der Waals surface area contributed by atoms with Crippen molar-refractivity contribution in [2.75, 3.05) is 12.0 Å². The molecule has 0 radical (unpaired) electrons. The maximum atomic E-state index is 13.0. The van der Waals surface area contributed by atoms with Crippen LogP contribution in [-0.4, -0.2) is 22.3 Å². The lowest BCUT2D eigenvalue weighted by atomic mass is 10.1. The van der Waals surface area contributed by atoms with Gasteiger partial charge in [0.05, 0.1) is 0 Å². The average molecular weight is 243 g/mol. The first-order valence-corrected chi connectivity index (χ1v) is 7.00. The summed E-state index contributed by atoms with van der Waals surface area (Å²) >= 11 is 0. The maximum Gasteiger partial charge on any atom is 0.123 e. The Hall–Kier alpha value is -0.740. The molecule has 2 unspecified atom stereocenters. The Balaban J connectivity index is 2.54. The fourth-order valence-corrected chi connectivity index (χ4v) is 2.35. The van der Waals surface area contributed by atoms with E-state index in [2.05, 4.69) is 5.32 Å². The van der Waals surface area contributed by atoms with E-state index in [-0.39, 0.29) is 11.9 Å². The van der Waals surface area contributed by atoms with Crippen molar-refractivity contribution in [3.8, 4) is 0 Å². The van der Waals surface area contributed by atoms with Gasteiger partial charge in [0.25, 0.3) is 0 Å². The summed E-state index contributed by atoms with van der Waals surface area (Å²) in [7, 11) is -0.800. The molecule has 0 aliphatic rings. The predicted octanol–water partition coefficient (Wildman–Crippen LogP) is 1.99. The van der Waals surface area contributed by atoms with Gasteiger partial charge in [-0.25, -0.2) is 4.39 Å². The molecule has 2 nitrogen and oxygen atoms in total. The lowest BCUT2D eigenvalue weighted by Crippen LogP contribution is -2.30. The smallest absolute Gasteiger partial charge is 0.123 e. The Morgan fingerprint density at radius 3 is 2.81 bits per heavy atom. The Bertz CT molecular complexity index is 381. The van der Waals surface area contributed by atoms with Crippen LogP contribution in [0.15, 0.2) is 18.2 Å². The molecule has 1 aromatic carbocycles. The molecule has 90 valence electrons. The van der Waals surface area contributed by atoms with Crippen molar-refractivity contribution in [1.82, 2.24) is 5.32 Å². The SMILES string of the molecule is Cc1ccc(F)cc1CNC(C)CS(C)=O. The third kappa shape index (κ3) is 4.41. The Kier molecular flexibility index (Phi) is 5.09. The van der Waals surface area contributed by atoms with Gasteiger partial charge in [-0.15, -0.1) is 0 Å². The van der Waals surface area contributed by atoms with Crippen LogP contribution in [0.5, 0.6) is 0 Å². The van der Waals surface area contributed by atoms with Crippen LogP contribution < -0.4 is 5.32 Å². The highest BCUT2D eigenvalue weighted by molar-refractivity contribution is 7.84. The molecule has 0 bridgehead atoms. The number of nitrogens with one attached hydrogen (secondary N) is 1. The second-order valence-corrected chi connectivity index (χ2v) is 5.57. The van der Waals surface area contributed by atoms with Gasteiger partial charge in [-0.2, -0.15) is 0 Å². The molecular weight excluding hydrogens is 225 g/mol. The van der Waals surface area contributed by atoms with Gasteiger partial charge in [-0.05, 0) is 37.1 Å². The predicted molar refractivity (Wildman–Crippen MR) is 66.4 cm³/mol. The van der Waals surface area contributed by atoms with E-state index >= 15 is 0 Å². The fraction of sp³-hybridized carbons (Fsp3) is 0.500. The minimum atomic E-state index is -0.800. The van der Waals surface area contributed by atoms with E-state index in [1.54, 1.807) is 12.3 Å². The Morgan fingerprint density at radius 2 is 2.19 bits per heavy atom. The molecule has 1 N–H and O–H groups in total. The topological polar surface area (TPSA) is 29.1 Å². The molecule has 0 heterocycles. The molecule has 4 heteroatoms. The van der Waals surface area contributed by atoms with Crippen molar-refractivity contribution in [1.29, 1.82) is 0 Å². The molecule has 0 fully saturated rings. The summed E-state index contributed by atoms with van der Waals surface area (Å²) in [4.78, 5) is 0. The summed E-state index contributed by atoms with van der Waals surface area (Å²) in [6.45, 7) is 4.55. The van der Waals surface area contributed by atoms with Crippen molar-refractivity contribution in [3.05, 3.63) is 35.1 Å². The molecule has 1 rings (SSSR count). The summed E-state index contributed by atoms with van der Waals surface area (Å²) in [5, 5.41) is 3.24. The Morgan fingerprint density at radius 1 is 1.50 bits per heavy atom. The molecule has 1 aromatic rings. The molecule has 0 spiro atoms. The first-order chi connectivity index (χ1) is 7.49. The van der Waals surface area contributed by atoms with Crippen LogP contribution in [0.1, 0.15) is 18.1 Å². The van der Waals surface area contributed by atoms with E-state index in [1.165, 1.54) is 12.1 Å². The minimum Gasteiger partial charge on any atom is -0.309 e. The molecule has 0 saturated heterocycles. The highest BCUT2D eigenvalue weighted by atomic mass is 32.2. The van der Waals surface area contributed by atoms with Crippen molar-refractivity contribution < 1.29 is 8.60 Å². The van der Waals surface area contributed by atoms with Gasteiger partial charge in [0.15, 0.2) is 0 Å². The monoisotopic (exact) mass is 243 g/mol. The van der Waals surface area contributed by atoms with Crippen molar-refractivity contribution in [2.45, 2.75) is 26.4 Å². The van der Waals surface area contributed by atoms with E-state index in [1.807, 2.05) is 13.8 Å². The maximum absolute atomic E-state index is 13.0. The zero-order valence-electron chi connectivity index (χ0n) is 9.92. The zero-order chi connectivity index (χ0) is 12.1. The number of benzene rings is 1. The van der Waals surface area contributed by atoms with Gasteiger partial charge in [-0.3, -0.25) is 4.21 Å². The highest BCUT2D eigenvalue weighted by Gasteiger charge is 2.05. The molecular formula is C12H18FNOS. The van der Waals surface area contributed by atoms with Crippen LogP contribution >= 0.6 is 0 Å². The van der Waals surface area contributed by atoms with Crippen LogP contribution in [0.3, 0.4) is 0 Å². The third-order valence-electron chi connectivity index (χ3n) is 2.44. The van der Waals surface area contributed by atoms with Gasteiger partial charge in [0, 0.05) is 35.4 Å². The number of rotatable bonds is 5. The molecule has 16 heavy (non-hydrogen) atoms. The molecule has 0 saturated carbocycles. The second kappa shape index (κ2) is 6.11. The molecule has 2 atom stereocenters. The summed E-state index contributed by atoms with van der Waals surface area (Å²) in [5.74, 6) is 0.406. The van der Waals surface area contributed by atoms with Gasteiger partial charge < -0.3 is 5.32 Å². The van der Waals surface area contributed by atoms with E-state index in [0.717, 1.165) is 11.1 Å². The van der Waals surface area contributed by atoms with E-state index in [4.69, 9.17) is 0 Å². The van der Waals surface area contributed by atoms with Gasteiger partial charge in [0.2, 0.25) is 0 Å². The van der Waals surface area contributed by atoms with Crippen LogP contribution in [0.25, 0.3) is 0 Å². The van der Waals surface area contributed by atoms with Crippen LogP contribution in [0, 0.1) is 12.7 Å². The first-order valence-electron chi connectivity index (χ1n) is 5.27. The number of halogens is 1. The quantitative estimate of drug-likeness (QED) is 0.857. The number of hydrogen-bond acceptors (Lipinski definition) is 2. The second-order valence-electron chi connectivity index (χ2n) is 4.09. The standard InChI is InChI=1S/C12H18FNOS/c1-9-4-5-12(13)6-11(9)7-14-10(2)8-16(3)15/h4-6,10,14H,7-8H2,1-3H3. The summed E-state index contributed by atoms with van der Waals surface area (Å²) < 4.78 is 24.0. The lowest BCUT2D eigenvalue weighted by Gasteiger charge is -2.13. The zero-order valence-corrected chi connectivity index (χ0v) is 10.7. The van der Waals surface area contributed by atoms with Crippen LogP contribution in [0.4, 0.5) is 4.39 Å². The molecule has 0 aliphatic heterocycles. The van der Waals surface area contributed by atoms with E-state index < -0.39 is 10.8 Å². The number of aryl methyl sites for hydroxylation is 1. The first kappa shape index (κ1) is 13.3. The summed E-state index contributed by atoms with van der Waals surface area (Å²) in [6, 6.07) is 4.95. The fourth-order valence-electron chi connectivity index (χ4n) is 1.53. The van der Waals surface area contributed by atoms with Crippen LogP contribution in [0.2, 0.25) is 0 Å². The average Bonchev–Trinajstić information content (AvgIpc) is 2.18. The number of hydrogen-bond donors (Lipinski definition) is 1. The lowest BCUT2D eigenvalue weighted by molar-refractivity contribution is 0.579. The molecule has 0 aliphatic carbocycles. The largest absolute Gasteiger partial charge is 0.309 e.